The summed E-state index contributed by atoms with van der Waals surface area (Å²) in [6.45, 7) is 6.17. The molecule has 0 spiro atoms. The van der Waals surface area contributed by atoms with Crippen molar-refractivity contribution in [2.24, 2.45) is 5.92 Å². The summed E-state index contributed by atoms with van der Waals surface area (Å²) < 4.78 is 0. The molecule has 1 saturated carbocycles. The minimum atomic E-state index is 0.0367. The predicted molar refractivity (Wildman–Crippen MR) is 135 cm³/mol. The monoisotopic (exact) mass is 479 g/mol. The smallest absolute Gasteiger partial charge is 0.245 e. The highest BCUT2D eigenvalue weighted by atomic mass is 35.5. The molecule has 2 aliphatic rings. The Morgan fingerprint density at radius 1 is 1.24 bits per heavy atom. The number of amides is 1. The number of aromatic amines is 1. The standard InChI is InChI=1S/C25H30ClN7O/c1-2-22(34)33-11-10-16(15-33)13-27-17-6-5-7-18(12-17)29-25-28-14-20(26)24(30-25)23-19-8-3-4-9-21(19)31-32-23/h2-4,8-9,14,16-18,27H,1,5-7,10-13,15H2,(H,31,32)(H,28,29,30)/t16?,17-,18+/m0/s1. The molecular formula is C25H30ClN7O. The molecule has 0 radical (unpaired) electrons. The van der Waals surface area contributed by atoms with Gasteiger partial charge in [0, 0.05) is 30.6 Å². The first kappa shape index (κ1) is 22.8. The molecule has 178 valence electrons. The van der Waals surface area contributed by atoms with Gasteiger partial charge >= 0.3 is 0 Å². The van der Waals surface area contributed by atoms with Gasteiger partial charge in [-0.1, -0.05) is 36.4 Å². The molecule has 0 bridgehead atoms. The molecule has 34 heavy (non-hydrogen) atoms. The molecule has 8 nitrogen and oxygen atoms in total. The SMILES string of the molecule is C=CC(=O)N1CCC(CN[C@H]2CCC[C@@H](Nc3ncc(Cl)c(-c4n[nH]c5ccccc45)n3)C2)C1. The summed E-state index contributed by atoms with van der Waals surface area (Å²) in [6, 6.07) is 8.67. The fourth-order valence-electron chi connectivity index (χ4n) is 5.10. The summed E-state index contributed by atoms with van der Waals surface area (Å²) in [5.41, 5.74) is 2.30. The number of hydrogen-bond acceptors (Lipinski definition) is 6. The second-order valence-corrected chi connectivity index (χ2v) is 9.67. The van der Waals surface area contributed by atoms with E-state index in [2.05, 4.69) is 32.4 Å². The number of benzene rings is 1. The minimum Gasteiger partial charge on any atom is -0.351 e. The van der Waals surface area contributed by atoms with Crippen molar-refractivity contribution in [3.05, 3.63) is 48.1 Å². The van der Waals surface area contributed by atoms with Gasteiger partial charge in [0.05, 0.1) is 16.7 Å². The van der Waals surface area contributed by atoms with E-state index in [9.17, 15) is 4.79 Å². The van der Waals surface area contributed by atoms with Crippen molar-refractivity contribution in [1.29, 1.82) is 0 Å². The number of rotatable bonds is 7. The van der Waals surface area contributed by atoms with E-state index >= 15 is 0 Å². The molecule has 1 aromatic carbocycles. The number of halogens is 1. The van der Waals surface area contributed by atoms with Crippen LogP contribution >= 0.6 is 11.6 Å². The molecular weight excluding hydrogens is 450 g/mol. The van der Waals surface area contributed by atoms with Crippen LogP contribution in [0.4, 0.5) is 5.95 Å². The van der Waals surface area contributed by atoms with Crippen LogP contribution in [0, 0.1) is 5.92 Å². The first-order chi connectivity index (χ1) is 16.6. The first-order valence-corrected chi connectivity index (χ1v) is 12.4. The van der Waals surface area contributed by atoms with Crippen LogP contribution < -0.4 is 10.6 Å². The zero-order chi connectivity index (χ0) is 23.5. The quantitative estimate of drug-likeness (QED) is 0.443. The zero-order valence-electron chi connectivity index (χ0n) is 19.1. The Balaban J connectivity index is 1.20. The van der Waals surface area contributed by atoms with Gasteiger partial charge in [0.15, 0.2) is 0 Å². The zero-order valence-corrected chi connectivity index (χ0v) is 19.9. The number of hydrogen-bond donors (Lipinski definition) is 3. The van der Waals surface area contributed by atoms with Gasteiger partial charge in [-0.25, -0.2) is 9.97 Å². The van der Waals surface area contributed by atoms with Crippen LogP contribution in [-0.2, 0) is 4.79 Å². The van der Waals surface area contributed by atoms with Crippen LogP contribution in [-0.4, -0.2) is 62.7 Å². The van der Waals surface area contributed by atoms with Crippen molar-refractivity contribution < 1.29 is 4.79 Å². The van der Waals surface area contributed by atoms with Gasteiger partial charge in [-0.15, -0.1) is 0 Å². The minimum absolute atomic E-state index is 0.0367. The summed E-state index contributed by atoms with van der Waals surface area (Å²) in [5, 5.41) is 16.2. The lowest BCUT2D eigenvalue weighted by Crippen LogP contribution is -2.41. The van der Waals surface area contributed by atoms with E-state index in [0.29, 0.717) is 34.7 Å². The van der Waals surface area contributed by atoms with E-state index in [0.717, 1.165) is 68.3 Å². The lowest BCUT2D eigenvalue weighted by atomic mass is 9.90. The maximum Gasteiger partial charge on any atom is 0.245 e. The Morgan fingerprint density at radius 2 is 2.09 bits per heavy atom. The Bertz CT molecular complexity index is 1180. The lowest BCUT2D eigenvalue weighted by molar-refractivity contribution is -0.125. The molecule has 9 heteroatoms. The first-order valence-electron chi connectivity index (χ1n) is 12.0. The summed E-state index contributed by atoms with van der Waals surface area (Å²) >= 11 is 6.45. The summed E-state index contributed by atoms with van der Waals surface area (Å²) in [5.74, 6) is 1.11. The van der Waals surface area contributed by atoms with E-state index in [1.54, 1.807) is 6.20 Å². The van der Waals surface area contributed by atoms with Crippen LogP contribution in [0.15, 0.2) is 43.1 Å². The molecule has 1 saturated heterocycles. The van der Waals surface area contributed by atoms with Gasteiger partial charge in [0.25, 0.3) is 0 Å². The Hall–Kier alpha value is -2.97. The number of nitrogens with one attached hydrogen (secondary N) is 3. The van der Waals surface area contributed by atoms with Crippen molar-refractivity contribution in [3.63, 3.8) is 0 Å². The third-order valence-electron chi connectivity index (χ3n) is 6.91. The molecule has 3 heterocycles. The molecule has 3 aromatic rings. The lowest BCUT2D eigenvalue weighted by Gasteiger charge is -2.31. The number of anilines is 1. The molecule has 1 aliphatic heterocycles. The van der Waals surface area contributed by atoms with Gasteiger partial charge in [-0.2, -0.15) is 5.10 Å². The average Bonchev–Trinajstić information content (AvgIpc) is 3.51. The molecule has 1 unspecified atom stereocenters. The third-order valence-corrected chi connectivity index (χ3v) is 7.19. The molecule has 2 fully saturated rings. The van der Waals surface area contributed by atoms with Crippen LogP contribution in [0.2, 0.25) is 5.02 Å². The summed E-state index contributed by atoms with van der Waals surface area (Å²) in [4.78, 5) is 22.9. The average molecular weight is 480 g/mol. The second-order valence-electron chi connectivity index (χ2n) is 9.26. The van der Waals surface area contributed by atoms with Gasteiger partial charge in [0.1, 0.15) is 11.4 Å². The number of para-hydroxylation sites is 1. The van der Waals surface area contributed by atoms with E-state index < -0.39 is 0 Å². The Kier molecular flexibility index (Phi) is 6.78. The molecule has 5 rings (SSSR count). The van der Waals surface area contributed by atoms with Gasteiger partial charge in [-0.05, 0) is 56.7 Å². The van der Waals surface area contributed by atoms with Crippen molar-refractivity contribution in [2.45, 2.75) is 44.2 Å². The predicted octanol–water partition coefficient (Wildman–Crippen LogP) is 4.02. The maximum absolute atomic E-state index is 11.8. The van der Waals surface area contributed by atoms with Crippen molar-refractivity contribution in [2.75, 3.05) is 25.0 Å². The normalized spacial score (nSPS) is 22.7. The van der Waals surface area contributed by atoms with Gasteiger partial charge in [-0.3, -0.25) is 9.89 Å². The molecule has 1 aliphatic carbocycles. The van der Waals surface area contributed by atoms with Crippen LogP contribution in [0.25, 0.3) is 22.3 Å². The van der Waals surface area contributed by atoms with Crippen molar-refractivity contribution in [3.8, 4) is 11.4 Å². The van der Waals surface area contributed by atoms with Gasteiger partial charge < -0.3 is 15.5 Å². The number of likely N-dealkylation sites (tertiary alicyclic amines) is 1. The fraction of sp³-hybridized carbons (Fsp3) is 0.440. The third kappa shape index (κ3) is 4.93. The van der Waals surface area contributed by atoms with Crippen LogP contribution in [0.5, 0.6) is 0 Å². The highest BCUT2D eigenvalue weighted by Crippen LogP contribution is 2.31. The molecule has 3 atom stereocenters. The van der Waals surface area contributed by atoms with E-state index in [1.165, 1.54) is 6.08 Å². The van der Waals surface area contributed by atoms with Crippen molar-refractivity contribution >= 4 is 34.4 Å². The van der Waals surface area contributed by atoms with Crippen LogP contribution in [0.1, 0.15) is 32.1 Å². The number of carbonyl (C=O) groups excluding carboxylic acids is 1. The number of fused-ring (bicyclic) bond motifs is 1. The summed E-state index contributed by atoms with van der Waals surface area (Å²) in [7, 11) is 0. The topological polar surface area (TPSA) is 98.8 Å². The van der Waals surface area contributed by atoms with Gasteiger partial charge in [0.2, 0.25) is 11.9 Å². The number of H-pyrrole nitrogens is 1. The van der Waals surface area contributed by atoms with E-state index in [-0.39, 0.29) is 5.91 Å². The molecule has 2 aromatic heterocycles. The fourth-order valence-corrected chi connectivity index (χ4v) is 5.28. The Labute approximate surface area is 204 Å². The second kappa shape index (κ2) is 10.1. The van der Waals surface area contributed by atoms with E-state index in [4.69, 9.17) is 16.6 Å². The maximum atomic E-state index is 11.8. The number of carbonyl (C=O) groups is 1. The largest absolute Gasteiger partial charge is 0.351 e. The molecule has 1 amide bonds. The number of nitrogens with zero attached hydrogens (tertiary/aromatic N) is 4. The highest BCUT2D eigenvalue weighted by Gasteiger charge is 2.27. The van der Waals surface area contributed by atoms with Crippen LogP contribution in [0.3, 0.4) is 0 Å². The summed E-state index contributed by atoms with van der Waals surface area (Å²) in [6.07, 6.45) is 8.49. The van der Waals surface area contributed by atoms with Crippen molar-refractivity contribution in [1.82, 2.24) is 30.4 Å². The number of aromatic nitrogens is 4. The Morgan fingerprint density at radius 3 is 2.97 bits per heavy atom. The van der Waals surface area contributed by atoms with E-state index in [1.807, 2.05) is 29.2 Å². The highest BCUT2D eigenvalue weighted by molar-refractivity contribution is 6.33. The molecule has 3 N–H and O–H groups in total.